The second-order valence-electron chi connectivity index (χ2n) is 4.24. The highest BCUT2D eigenvalue weighted by atomic mass is 19.1. The van der Waals surface area contributed by atoms with E-state index in [9.17, 15) is 18.9 Å². The zero-order chi connectivity index (χ0) is 15.3. The van der Waals surface area contributed by atoms with E-state index in [1.807, 2.05) is 18.9 Å². The summed E-state index contributed by atoms with van der Waals surface area (Å²) in [6, 6.07) is 1.33. The fourth-order valence-electron chi connectivity index (χ4n) is 1.51. The van der Waals surface area contributed by atoms with E-state index in [1.165, 1.54) is 7.05 Å². The SMILES string of the molecule is CCN(C)CCON(C)c1c(F)cc([N+](=O)[O-])cc1F. The number of nitro groups is 1. The van der Waals surface area contributed by atoms with Crippen molar-refractivity contribution in [1.82, 2.24) is 4.90 Å². The van der Waals surface area contributed by atoms with Crippen molar-refractivity contribution < 1.29 is 18.5 Å². The number of hydroxylamine groups is 1. The van der Waals surface area contributed by atoms with Crippen LogP contribution in [-0.4, -0.2) is 43.6 Å². The molecular weight excluding hydrogens is 272 g/mol. The molecule has 1 aromatic carbocycles. The Balaban J connectivity index is 2.78. The van der Waals surface area contributed by atoms with Crippen molar-refractivity contribution >= 4 is 11.4 Å². The quantitative estimate of drug-likeness (QED) is 0.569. The molecule has 0 radical (unpaired) electrons. The molecule has 0 aromatic heterocycles. The first-order valence-corrected chi connectivity index (χ1v) is 6.05. The van der Waals surface area contributed by atoms with E-state index in [1.54, 1.807) is 0 Å². The lowest BCUT2D eigenvalue weighted by Gasteiger charge is -2.21. The summed E-state index contributed by atoms with van der Waals surface area (Å²) in [7, 11) is 3.23. The number of nitro benzene ring substituents is 1. The standard InChI is InChI=1S/C12H17F2N3O3/c1-4-15(2)5-6-20-16(3)12-10(13)7-9(17(18)19)8-11(12)14/h7-8H,4-6H2,1-3H3. The van der Waals surface area contributed by atoms with E-state index >= 15 is 0 Å². The normalized spacial score (nSPS) is 10.9. The summed E-state index contributed by atoms with van der Waals surface area (Å²) in [5, 5.41) is 11.4. The molecule has 0 N–H and O–H groups in total. The van der Waals surface area contributed by atoms with E-state index in [0.29, 0.717) is 18.7 Å². The van der Waals surface area contributed by atoms with E-state index in [0.717, 1.165) is 11.6 Å². The molecule has 6 nitrogen and oxygen atoms in total. The van der Waals surface area contributed by atoms with Crippen molar-refractivity contribution in [1.29, 1.82) is 0 Å². The summed E-state index contributed by atoms with van der Waals surface area (Å²) < 4.78 is 27.4. The number of rotatable bonds is 7. The summed E-state index contributed by atoms with van der Waals surface area (Å²) >= 11 is 0. The summed E-state index contributed by atoms with van der Waals surface area (Å²) in [4.78, 5) is 16.8. The average Bonchev–Trinajstić information content (AvgIpc) is 2.37. The molecule has 0 saturated heterocycles. The largest absolute Gasteiger partial charge is 0.304 e. The first kappa shape index (κ1) is 16.3. The van der Waals surface area contributed by atoms with E-state index in [4.69, 9.17) is 4.84 Å². The highest BCUT2D eigenvalue weighted by Gasteiger charge is 2.20. The molecule has 0 spiro atoms. The lowest BCUT2D eigenvalue weighted by atomic mass is 10.2. The average molecular weight is 289 g/mol. The predicted octanol–water partition coefficient (Wildman–Crippen LogP) is 2.19. The lowest BCUT2D eigenvalue weighted by Crippen LogP contribution is -2.28. The van der Waals surface area contributed by atoms with Gasteiger partial charge in [-0.25, -0.2) is 8.78 Å². The molecule has 112 valence electrons. The van der Waals surface area contributed by atoms with Crippen molar-refractivity contribution in [2.24, 2.45) is 0 Å². The predicted molar refractivity (Wildman–Crippen MR) is 70.5 cm³/mol. The molecule has 0 saturated carbocycles. The summed E-state index contributed by atoms with van der Waals surface area (Å²) in [6.07, 6.45) is 0. The van der Waals surface area contributed by atoms with Gasteiger partial charge in [0.2, 0.25) is 0 Å². The van der Waals surface area contributed by atoms with Gasteiger partial charge in [-0.15, -0.1) is 0 Å². The Hall–Kier alpha value is -1.80. The molecule has 0 bridgehead atoms. The Kier molecular flexibility index (Phi) is 5.78. The zero-order valence-corrected chi connectivity index (χ0v) is 11.6. The summed E-state index contributed by atoms with van der Waals surface area (Å²) in [5.41, 5.74) is -1.09. The molecule has 0 aliphatic rings. The summed E-state index contributed by atoms with van der Waals surface area (Å²) in [6.45, 7) is 3.64. The number of anilines is 1. The van der Waals surface area contributed by atoms with Gasteiger partial charge in [-0.1, -0.05) is 6.92 Å². The van der Waals surface area contributed by atoms with Gasteiger partial charge in [-0.3, -0.25) is 20.0 Å². The minimum atomic E-state index is -1.04. The number of nitrogens with zero attached hydrogens (tertiary/aromatic N) is 3. The molecule has 1 rings (SSSR count). The maximum Gasteiger partial charge on any atom is 0.275 e. The number of non-ortho nitro benzene ring substituents is 1. The maximum atomic E-state index is 13.7. The van der Waals surface area contributed by atoms with Crippen molar-refractivity contribution in [3.05, 3.63) is 33.9 Å². The third-order valence-corrected chi connectivity index (χ3v) is 2.83. The smallest absolute Gasteiger partial charge is 0.275 e. The third-order valence-electron chi connectivity index (χ3n) is 2.83. The second kappa shape index (κ2) is 7.11. The van der Waals surface area contributed by atoms with Gasteiger partial charge in [0, 0.05) is 13.6 Å². The van der Waals surface area contributed by atoms with Crippen molar-refractivity contribution in [3.63, 3.8) is 0 Å². The van der Waals surface area contributed by atoms with Crippen LogP contribution in [0.1, 0.15) is 6.92 Å². The van der Waals surface area contributed by atoms with E-state index in [-0.39, 0.29) is 6.61 Å². The van der Waals surface area contributed by atoms with E-state index < -0.39 is 27.9 Å². The number of benzene rings is 1. The second-order valence-corrected chi connectivity index (χ2v) is 4.24. The lowest BCUT2D eigenvalue weighted by molar-refractivity contribution is -0.385. The van der Waals surface area contributed by atoms with Crippen LogP contribution < -0.4 is 5.06 Å². The van der Waals surface area contributed by atoms with Gasteiger partial charge < -0.3 is 4.90 Å². The number of likely N-dealkylation sites (N-methyl/N-ethyl adjacent to an activating group) is 1. The fraction of sp³-hybridized carbons (Fsp3) is 0.500. The number of hydrogen-bond acceptors (Lipinski definition) is 5. The molecule has 0 aliphatic heterocycles. The van der Waals surface area contributed by atoms with Crippen LogP contribution in [0.15, 0.2) is 12.1 Å². The van der Waals surface area contributed by atoms with Gasteiger partial charge >= 0.3 is 0 Å². The van der Waals surface area contributed by atoms with Crippen molar-refractivity contribution in [3.8, 4) is 0 Å². The first-order valence-electron chi connectivity index (χ1n) is 6.05. The molecule has 0 aliphatic carbocycles. The van der Waals surface area contributed by atoms with E-state index in [2.05, 4.69) is 0 Å². The van der Waals surface area contributed by atoms with Crippen LogP contribution in [0.4, 0.5) is 20.2 Å². The number of hydrogen-bond donors (Lipinski definition) is 0. The fourth-order valence-corrected chi connectivity index (χ4v) is 1.51. The van der Waals surface area contributed by atoms with Crippen LogP contribution in [0, 0.1) is 21.7 Å². The van der Waals surface area contributed by atoms with Gasteiger partial charge in [-0.05, 0) is 13.6 Å². The van der Waals surface area contributed by atoms with Gasteiger partial charge in [0.15, 0.2) is 11.6 Å². The molecule has 20 heavy (non-hydrogen) atoms. The Labute approximate surface area is 115 Å². The Morgan fingerprint density at radius 2 is 1.85 bits per heavy atom. The molecule has 0 unspecified atom stereocenters. The molecule has 1 aromatic rings. The number of halogens is 2. The van der Waals surface area contributed by atoms with Gasteiger partial charge in [0.1, 0.15) is 5.69 Å². The topological polar surface area (TPSA) is 58.8 Å². The highest BCUT2D eigenvalue weighted by molar-refractivity contribution is 5.51. The minimum absolute atomic E-state index is 0.247. The zero-order valence-electron chi connectivity index (χ0n) is 11.6. The first-order chi connectivity index (χ1) is 9.36. The van der Waals surface area contributed by atoms with Crippen molar-refractivity contribution in [2.75, 3.05) is 38.9 Å². The Morgan fingerprint density at radius 3 is 2.30 bits per heavy atom. The van der Waals surface area contributed by atoms with Crippen LogP contribution in [0.25, 0.3) is 0 Å². The van der Waals surface area contributed by atoms with Crippen LogP contribution in [0.5, 0.6) is 0 Å². The molecule has 0 atom stereocenters. The minimum Gasteiger partial charge on any atom is -0.304 e. The van der Waals surface area contributed by atoms with Crippen molar-refractivity contribution in [2.45, 2.75) is 6.92 Å². The monoisotopic (exact) mass is 289 g/mol. The van der Waals surface area contributed by atoms with Crippen LogP contribution in [0.3, 0.4) is 0 Å². The van der Waals surface area contributed by atoms with Gasteiger partial charge in [0.25, 0.3) is 5.69 Å². The van der Waals surface area contributed by atoms with Gasteiger partial charge in [-0.2, -0.15) is 0 Å². The molecule has 0 amide bonds. The molecule has 0 heterocycles. The Morgan fingerprint density at radius 1 is 1.30 bits per heavy atom. The molecule has 0 fully saturated rings. The third kappa shape index (κ3) is 4.10. The highest BCUT2D eigenvalue weighted by Crippen LogP contribution is 2.27. The van der Waals surface area contributed by atoms with Gasteiger partial charge in [0.05, 0.1) is 23.7 Å². The summed E-state index contributed by atoms with van der Waals surface area (Å²) in [5.74, 6) is -2.08. The molecule has 8 heteroatoms. The van der Waals surface area contributed by atoms with Crippen LogP contribution in [0.2, 0.25) is 0 Å². The Bertz CT molecular complexity index is 462. The maximum absolute atomic E-state index is 13.7. The van der Waals surface area contributed by atoms with Crippen LogP contribution in [-0.2, 0) is 4.84 Å². The molecular formula is C12H17F2N3O3. The van der Waals surface area contributed by atoms with Crippen LogP contribution >= 0.6 is 0 Å².